The third kappa shape index (κ3) is 3.98. The van der Waals surface area contributed by atoms with Crippen molar-refractivity contribution < 1.29 is 14.3 Å². The largest absolute Gasteiger partial charge is 0.376 e. The second kappa shape index (κ2) is 7.70. The van der Waals surface area contributed by atoms with Crippen LogP contribution < -0.4 is 10.6 Å². The van der Waals surface area contributed by atoms with Crippen LogP contribution in [0.15, 0.2) is 18.2 Å². The van der Waals surface area contributed by atoms with Crippen LogP contribution in [-0.2, 0) is 11.2 Å². The fraction of sp³-hybridized carbons (Fsp3) is 0.556. The van der Waals surface area contributed by atoms with Crippen LogP contribution in [0.25, 0.3) is 0 Å². The maximum Gasteiger partial charge on any atom is 0.259 e. The van der Waals surface area contributed by atoms with Crippen molar-refractivity contribution in [1.29, 1.82) is 0 Å². The van der Waals surface area contributed by atoms with Crippen molar-refractivity contribution >= 4 is 11.8 Å². The first-order valence-corrected chi connectivity index (χ1v) is 8.55. The van der Waals surface area contributed by atoms with E-state index in [4.69, 9.17) is 4.74 Å². The number of aryl methyl sites for hydroxylation is 1. The predicted octanol–water partition coefficient (Wildman–Crippen LogP) is 2.05. The first kappa shape index (κ1) is 16.1. The Labute approximate surface area is 136 Å². The number of nitrogens with one attached hydrogen (secondary N) is 2. The third-order valence-electron chi connectivity index (χ3n) is 4.58. The summed E-state index contributed by atoms with van der Waals surface area (Å²) in [6.07, 6.45) is 6.88. The molecule has 1 saturated heterocycles. The summed E-state index contributed by atoms with van der Waals surface area (Å²) in [6, 6.07) is 5.54. The number of ether oxygens (including phenoxy) is 1. The highest BCUT2D eigenvalue weighted by Gasteiger charge is 2.28. The summed E-state index contributed by atoms with van der Waals surface area (Å²) in [7, 11) is 0. The van der Waals surface area contributed by atoms with Gasteiger partial charge in [0.1, 0.15) is 0 Å². The van der Waals surface area contributed by atoms with Crippen molar-refractivity contribution in [3.63, 3.8) is 0 Å². The van der Waals surface area contributed by atoms with Crippen LogP contribution in [0, 0.1) is 0 Å². The van der Waals surface area contributed by atoms with Gasteiger partial charge in [-0.05, 0) is 30.9 Å². The Kier molecular flexibility index (Phi) is 5.41. The van der Waals surface area contributed by atoms with Crippen molar-refractivity contribution in [3.8, 4) is 0 Å². The summed E-state index contributed by atoms with van der Waals surface area (Å²) in [5.41, 5.74) is 2.10. The summed E-state index contributed by atoms with van der Waals surface area (Å²) in [6.45, 7) is 2.76. The number of unbranched alkanes of at least 4 members (excludes halogenated alkanes) is 3. The van der Waals surface area contributed by atoms with E-state index in [0.717, 1.165) is 50.9 Å². The number of hydrogen-bond donors (Lipinski definition) is 2. The number of imide groups is 1. The monoisotopic (exact) mass is 316 g/mol. The van der Waals surface area contributed by atoms with Gasteiger partial charge in [-0.2, -0.15) is 0 Å². The van der Waals surface area contributed by atoms with Crippen molar-refractivity contribution in [2.75, 3.05) is 19.7 Å². The Balaban J connectivity index is 1.40. The number of morpholine rings is 1. The summed E-state index contributed by atoms with van der Waals surface area (Å²) < 4.78 is 5.69. The average Bonchev–Trinajstić information content (AvgIpc) is 2.87. The van der Waals surface area contributed by atoms with Gasteiger partial charge in [-0.1, -0.05) is 31.4 Å². The second-order valence-electron chi connectivity index (χ2n) is 6.27. The molecule has 2 aliphatic rings. The van der Waals surface area contributed by atoms with Crippen LogP contribution in [0.1, 0.15) is 58.4 Å². The zero-order valence-electron chi connectivity index (χ0n) is 13.4. The van der Waals surface area contributed by atoms with Gasteiger partial charge in [0.05, 0.1) is 23.8 Å². The average molecular weight is 316 g/mol. The Morgan fingerprint density at radius 3 is 2.78 bits per heavy atom. The van der Waals surface area contributed by atoms with Gasteiger partial charge < -0.3 is 10.1 Å². The van der Waals surface area contributed by atoms with Crippen LogP contribution in [0.3, 0.4) is 0 Å². The molecule has 23 heavy (non-hydrogen) atoms. The first-order chi connectivity index (χ1) is 11.3. The number of carbonyl (C=O) groups is 2. The molecule has 0 aliphatic carbocycles. The lowest BCUT2D eigenvalue weighted by Crippen LogP contribution is -2.38. The van der Waals surface area contributed by atoms with Gasteiger partial charge in [0.2, 0.25) is 0 Å². The summed E-state index contributed by atoms with van der Waals surface area (Å²) in [4.78, 5) is 23.5. The highest BCUT2D eigenvalue weighted by Crippen LogP contribution is 2.22. The van der Waals surface area contributed by atoms with Crippen LogP contribution in [0.4, 0.5) is 0 Å². The minimum atomic E-state index is -0.270. The number of amides is 2. The van der Waals surface area contributed by atoms with Crippen LogP contribution in [0.2, 0.25) is 0 Å². The molecule has 5 nitrogen and oxygen atoms in total. The first-order valence-electron chi connectivity index (χ1n) is 8.55. The molecule has 0 radical (unpaired) electrons. The van der Waals surface area contributed by atoms with Gasteiger partial charge >= 0.3 is 0 Å². The number of carbonyl (C=O) groups excluding carboxylic acids is 2. The molecule has 2 amide bonds. The van der Waals surface area contributed by atoms with Crippen molar-refractivity contribution in [2.24, 2.45) is 0 Å². The molecule has 1 aromatic carbocycles. The van der Waals surface area contributed by atoms with Crippen molar-refractivity contribution in [2.45, 2.75) is 44.6 Å². The van der Waals surface area contributed by atoms with Gasteiger partial charge in [-0.25, -0.2) is 0 Å². The molecule has 0 spiro atoms. The lowest BCUT2D eigenvalue weighted by molar-refractivity contribution is 0.0220. The highest BCUT2D eigenvalue weighted by atomic mass is 16.5. The number of benzene rings is 1. The number of hydrogen-bond acceptors (Lipinski definition) is 4. The lowest BCUT2D eigenvalue weighted by atomic mass is 9.97. The Bertz CT molecular complexity index is 580. The summed E-state index contributed by atoms with van der Waals surface area (Å²) in [5.74, 6) is -0.518. The molecule has 5 heteroatoms. The molecule has 3 rings (SSSR count). The second-order valence-corrected chi connectivity index (χ2v) is 6.27. The van der Waals surface area contributed by atoms with E-state index in [2.05, 4.69) is 10.6 Å². The van der Waals surface area contributed by atoms with E-state index in [-0.39, 0.29) is 11.8 Å². The van der Waals surface area contributed by atoms with E-state index in [9.17, 15) is 9.59 Å². The summed E-state index contributed by atoms with van der Waals surface area (Å²) >= 11 is 0. The van der Waals surface area contributed by atoms with E-state index in [0.29, 0.717) is 17.2 Å². The van der Waals surface area contributed by atoms with Gasteiger partial charge in [0.25, 0.3) is 11.8 Å². The molecule has 0 saturated carbocycles. The fourth-order valence-corrected chi connectivity index (χ4v) is 3.34. The molecule has 0 aromatic heterocycles. The van der Waals surface area contributed by atoms with Gasteiger partial charge in [-0.3, -0.25) is 14.9 Å². The molecule has 2 N–H and O–H groups in total. The molecule has 1 unspecified atom stereocenters. The minimum Gasteiger partial charge on any atom is -0.376 e. The van der Waals surface area contributed by atoms with E-state index in [1.54, 1.807) is 6.07 Å². The predicted molar refractivity (Wildman–Crippen MR) is 87.6 cm³/mol. The fourth-order valence-electron chi connectivity index (χ4n) is 3.34. The molecular formula is C18H24N2O3. The topological polar surface area (TPSA) is 67.4 Å². The van der Waals surface area contributed by atoms with Crippen molar-refractivity contribution in [3.05, 3.63) is 34.9 Å². The van der Waals surface area contributed by atoms with Crippen LogP contribution in [-0.4, -0.2) is 37.6 Å². The standard InChI is InChI=1S/C18H24N2O3/c21-17-15-9-5-7-13(16(15)18(22)20-17)6-3-1-2-4-8-14-12-19-10-11-23-14/h5,7,9,14,19H,1-4,6,8,10-12H2,(H,20,21,22). The minimum absolute atomic E-state index is 0.248. The van der Waals surface area contributed by atoms with Crippen molar-refractivity contribution in [1.82, 2.24) is 10.6 Å². The third-order valence-corrected chi connectivity index (χ3v) is 4.58. The van der Waals surface area contributed by atoms with Gasteiger partial charge in [-0.15, -0.1) is 0 Å². The molecule has 2 heterocycles. The molecule has 1 aromatic rings. The zero-order chi connectivity index (χ0) is 16.1. The Morgan fingerprint density at radius 2 is 1.96 bits per heavy atom. The maximum atomic E-state index is 11.9. The number of rotatable bonds is 7. The SMILES string of the molecule is O=C1NC(=O)c2c(CCCCCCC3CNCCO3)cccc21. The molecule has 1 fully saturated rings. The quantitative estimate of drug-likeness (QED) is 0.597. The lowest BCUT2D eigenvalue weighted by Gasteiger charge is -2.23. The highest BCUT2D eigenvalue weighted by molar-refractivity contribution is 6.22. The zero-order valence-corrected chi connectivity index (χ0v) is 13.4. The Hall–Kier alpha value is -1.72. The molecule has 0 bridgehead atoms. The van der Waals surface area contributed by atoms with Gasteiger partial charge in [0.15, 0.2) is 0 Å². The van der Waals surface area contributed by atoms with Crippen LogP contribution >= 0.6 is 0 Å². The summed E-state index contributed by atoms with van der Waals surface area (Å²) in [5, 5.41) is 5.72. The molecule has 1 atom stereocenters. The van der Waals surface area contributed by atoms with E-state index in [1.165, 1.54) is 12.8 Å². The van der Waals surface area contributed by atoms with E-state index in [1.807, 2.05) is 12.1 Å². The molecule has 124 valence electrons. The van der Waals surface area contributed by atoms with E-state index >= 15 is 0 Å². The normalized spacial score (nSPS) is 20.4. The van der Waals surface area contributed by atoms with E-state index < -0.39 is 0 Å². The van der Waals surface area contributed by atoms with Crippen LogP contribution in [0.5, 0.6) is 0 Å². The smallest absolute Gasteiger partial charge is 0.259 e. The molecule has 2 aliphatic heterocycles. The maximum absolute atomic E-state index is 11.9. The Morgan fingerprint density at radius 1 is 1.09 bits per heavy atom. The number of fused-ring (bicyclic) bond motifs is 1. The molecular weight excluding hydrogens is 292 g/mol. The van der Waals surface area contributed by atoms with Gasteiger partial charge in [0, 0.05) is 13.1 Å².